The number of allylic oxidation sites excluding steroid dienone is 1. The standard InChI is InChI=1S/C9H15NO3/c1-2-3-4-8(9(10)11)13-6-7-5-12-7/h4,7H,2-3,5-6H2,1H3,(H2,10,11)/b8-4+. The first kappa shape index (κ1) is 10.1. The molecule has 0 bridgehead atoms. The first-order chi connectivity index (χ1) is 6.24. The second-order valence-corrected chi connectivity index (χ2v) is 2.99. The molecule has 4 heteroatoms. The summed E-state index contributed by atoms with van der Waals surface area (Å²) in [7, 11) is 0. The van der Waals surface area contributed by atoms with Gasteiger partial charge < -0.3 is 15.2 Å². The summed E-state index contributed by atoms with van der Waals surface area (Å²) in [5, 5.41) is 0. The van der Waals surface area contributed by atoms with Gasteiger partial charge in [-0.05, 0) is 12.5 Å². The van der Waals surface area contributed by atoms with Crippen LogP contribution in [-0.4, -0.2) is 25.2 Å². The lowest BCUT2D eigenvalue weighted by molar-refractivity contribution is -0.118. The molecule has 0 radical (unpaired) electrons. The largest absolute Gasteiger partial charge is 0.485 e. The van der Waals surface area contributed by atoms with Crippen LogP contribution in [0.3, 0.4) is 0 Å². The van der Waals surface area contributed by atoms with Crippen LogP contribution < -0.4 is 5.73 Å². The lowest BCUT2D eigenvalue weighted by Crippen LogP contribution is -2.18. The summed E-state index contributed by atoms with van der Waals surface area (Å²) in [6.45, 7) is 3.18. The average Bonchev–Trinajstić information content (AvgIpc) is 2.87. The lowest BCUT2D eigenvalue weighted by Gasteiger charge is -2.04. The molecule has 1 saturated heterocycles. The summed E-state index contributed by atoms with van der Waals surface area (Å²) in [5.41, 5.74) is 5.11. The zero-order chi connectivity index (χ0) is 9.68. The van der Waals surface area contributed by atoms with Crippen LogP contribution in [0.5, 0.6) is 0 Å². The van der Waals surface area contributed by atoms with Crippen LogP contribution in [0.15, 0.2) is 11.8 Å². The Kier molecular flexibility index (Phi) is 3.76. The normalized spacial score (nSPS) is 21.3. The van der Waals surface area contributed by atoms with Gasteiger partial charge in [0.1, 0.15) is 12.7 Å². The summed E-state index contributed by atoms with van der Waals surface area (Å²) < 4.78 is 10.1. The van der Waals surface area contributed by atoms with Crippen molar-refractivity contribution >= 4 is 5.91 Å². The smallest absolute Gasteiger partial charge is 0.283 e. The summed E-state index contributed by atoms with van der Waals surface area (Å²) in [6.07, 6.45) is 3.67. The van der Waals surface area contributed by atoms with Crippen LogP contribution in [-0.2, 0) is 14.3 Å². The molecule has 2 N–H and O–H groups in total. The molecule has 1 aliphatic rings. The maximum atomic E-state index is 10.8. The summed E-state index contributed by atoms with van der Waals surface area (Å²) in [4.78, 5) is 10.8. The third-order valence-electron chi connectivity index (χ3n) is 1.69. The van der Waals surface area contributed by atoms with Crippen molar-refractivity contribution < 1.29 is 14.3 Å². The molecule has 0 spiro atoms. The van der Waals surface area contributed by atoms with Crippen LogP contribution in [0.1, 0.15) is 19.8 Å². The fourth-order valence-electron chi connectivity index (χ4n) is 0.853. The van der Waals surface area contributed by atoms with E-state index in [1.165, 1.54) is 0 Å². The zero-order valence-corrected chi connectivity index (χ0v) is 7.79. The molecule has 4 nitrogen and oxygen atoms in total. The second kappa shape index (κ2) is 4.87. The highest BCUT2D eigenvalue weighted by atomic mass is 16.6. The molecular weight excluding hydrogens is 170 g/mol. The number of ether oxygens (including phenoxy) is 2. The van der Waals surface area contributed by atoms with Crippen LogP contribution in [0, 0.1) is 0 Å². The molecule has 0 saturated carbocycles. The Hall–Kier alpha value is -1.03. The Morgan fingerprint density at radius 1 is 1.77 bits per heavy atom. The van der Waals surface area contributed by atoms with Gasteiger partial charge in [-0.25, -0.2) is 0 Å². The molecule has 0 aromatic rings. The quantitative estimate of drug-likeness (QED) is 0.374. The minimum Gasteiger partial charge on any atom is -0.485 e. The maximum Gasteiger partial charge on any atom is 0.283 e. The Bertz CT molecular complexity index is 209. The SMILES string of the molecule is CCC/C=C(/OCC1CO1)C(N)=O. The number of hydrogen-bond donors (Lipinski definition) is 1. The molecule has 1 unspecified atom stereocenters. The highest BCUT2D eigenvalue weighted by Gasteiger charge is 2.24. The second-order valence-electron chi connectivity index (χ2n) is 2.99. The van der Waals surface area contributed by atoms with Crippen LogP contribution in [0.25, 0.3) is 0 Å². The van der Waals surface area contributed by atoms with E-state index in [1.54, 1.807) is 6.08 Å². The van der Waals surface area contributed by atoms with E-state index in [0.717, 1.165) is 19.4 Å². The van der Waals surface area contributed by atoms with Gasteiger partial charge in [0.15, 0.2) is 5.76 Å². The van der Waals surface area contributed by atoms with Crippen LogP contribution in [0.2, 0.25) is 0 Å². The number of carbonyl (C=O) groups excluding carboxylic acids is 1. The van der Waals surface area contributed by atoms with Gasteiger partial charge in [0, 0.05) is 0 Å². The van der Waals surface area contributed by atoms with Crippen molar-refractivity contribution in [2.75, 3.05) is 13.2 Å². The minimum absolute atomic E-state index is 0.157. The molecule has 74 valence electrons. The van der Waals surface area contributed by atoms with E-state index in [2.05, 4.69) is 0 Å². The number of nitrogens with two attached hydrogens (primary N) is 1. The number of unbranched alkanes of at least 4 members (excludes halogenated alkanes) is 1. The van der Waals surface area contributed by atoms with Crippen LogP contribution in [0.4, 0.5) is 0 Å². The van der Waals surface area contributed by atoms with Gasteiger partial charge in [-0.15, -0.1) is 0 Å². The fraction of sp³-hybridized carbons (Fsp3) is 0.667. The molecular formula is C9H15NO3. The Morgan fingerprint density at radius 3 is 2.92 bits per heavy atom. The van der Waals surface area contributed by atoms with Gasteiger partial charge in [-0.1, -0.05) is 13.3 Å². The van der Waals surface area contributed by atoms with E-state index >= 15 is 0 Å². The third-order valence-corrected chi connectivity index (χ3v) is 1.69. The lowest BCUT2D eigenvalue weighted by atomic mass is 10.3. The highest BCUT2D eigenvalue weighted by molar-refractivity contribution is 5.89. The zero-order valence-electron chi connectivity index (χ0n) is 7.79. The van der Waals surface area contributed by atoms with Crippen molar-refractivity contribution in [1.82, 2.24) is 0 Å². The Morgan fingerprint density at radius 2 is 2.46 bits per heavy atom. The summed E-state index contributed by atoms with van der Waals surface area (Å²) in [6, 6.07) is 0. The molecule has 1 heterocycles. The van der Waals surface area contributed by atoms with Gasteiger partial charge in [0.05, 0.1) is 6.61 Å². The van der Waals surface area contributed by atoms with Gasteiger partial charge in [-0.2, -0.15) is 0 Å². The van der Waals surface area contributed by atoms with E-state index in [0.29, 0.717) is 6.61 Å². The molecule has 0 aromatic heterocycles. The predicted molar refractivity (Wildman–Crippen MR) is 47.9 cm³/mol. The van der Waals surface area contributed by atoms with Gasteiger partial charge in [-0.3, -0.25) is 4.79 Å². The Balaban J connectivity index is 2.31. The number of hydrogen-bond acceptors (Lipinski definition) is 3. The van der Waals surface area contributed by atoms with E-state index < -0.39 is 5.91 Å². The molecule has 1 amide bonds. The molecule has 1 atom stereocenters. The Labute approximate surface area is 77.7 Å². The topological polar surface area (TPSA) is 64.8 Å². The van der Waals surface area contributed by atoms with Crippen molar-refractivity contribution in [3.8, 4) is 0 Å². The van der Waals surface area contributed by atoms with E-state index in [1.807, 2.05) is 6.92 Å². The third kappa shape index (κ3) is 3.94. The first-order valence-corrected chi connectivity index (χ1v) is 4.48. The van der Waals surface area contributed by atoms with Crippen LogP contribution >= 0.6 is 0 Å². The van der Waals surface area contributed by atoms with Crippen molar-refractivity contribution in [3.63, 3.8) is 0 Å². The molecule has 1 aliphatic heterocycles. The maximum absolute atomic E-state index is 10.8. The number of primary amides is 1. The minimum atomic E-state index is -0.505. The molecule has 1 rings (SSSR count). The van der Waals surface area contributed by atoms with Crippen molar-refractivity contribution in [1.29, 1.82) is 0 Å². The fourth-order valence-corrected chi connectivity index (χ4v) is 0.853. The van der Waals surface area contributed by atoms with Gasteiger partial charge in [0.2, 0.25) is 0 Å². The number of epoxide rings is 1. The molecule has 0 aromatic carbocycles. The van der Waals surface area contributed by atoms with Crippen molar-refractivity contribution in [2.45, 2.75) is 25.9 Å². The average molecular weight is 185 g/mol. The van der Waals surface area contributed by atoms with E-state index in [-0.39, 0.29) is 11.9 Å². The van der Waals surface area contributed by atoms with Gasteiger partial charge in [0.25, 0.3) is 5.91 Å². The molecule has 13 heavy (non-hydrogen) atoms. The highest BCUT2D eigenvalue weighted by Crippen LogP contribution is 2.11. The summed E-state index contributed by atoms with van der Waals surface area (Å²) in [5.74, 6) is -0.244. The summed E-state index contributed by atoms with van der Waals surface area (Å²) >= 11 is 0. The van der Waals surface area contributed by atoms with Crippen molar-refractivity contribution in [2.24, 2.45) is 5.73 Å². The van der Waals surface area contributed by atoms with Crippen molar-refractivity contribution in [3.05, 3.63) is 11.8 Å². The predicted octanol–water partition coefficient (Wildman–Crippen LogP) is 0.571. The molecule has 0 aliphatic carbocycles. The number of rotatable bonds is 6. The number of carbonyl (C=O) groups is 1. The van der Waals surface area contributed by atoms with E-state index in [9.17, 15) is 4.79 Å². The monoisotopic (exact) mass is 185 g/mol. The molecule has 1 fully saturated rings. The number of amides is 1. The van der Waals surface area contributed by atoms with Gasteiger partial charge >= 0.3 is 0 Å². The van der Waals surface area contributed by atoms with E-state index in [4.69, 9.17) is 15.2 Å². The first-order valence-electron chi connectivity index (χ1n) is 4.48.